The van der Waals surface area contributed by atoms with Crippen LogP contribution < -0.4 is 0 Å². The van der Waals surface area contributed by atoms with E-state index in [1.807, 2.05) is 0 Å². The number of carbonyl (C=O) groups excluding carboxylic acids is 3. The van der Waals surface area contributed by atoms with Gasteiger partial charge in [0.15, 0.2) is 0 Å². The molecule has 0 radical (unpaired) electrons. The van der Waals surface area contributed by atoms with Crippen LogP contribution in [0.25, 0.3) is 0 Å². The Bertz CT molecular complexity index is 368. The van der Waals surface area contributed by atoms with E-state index >= 15 is 0 Å². The Morgan fingerprint density at radius 2 is 1.74 bits per heavy atom. The van der Waals surface area contributed by atoms with Crippen molar-refractivity contribution < 1.29 is 24.3 Å². The average Bonchev–Trinajstić information content (AvgIpc) is 2.70. The third-order valence-electron chi connectivity index (χ3n) is 3.97. The largest absolute Gasteiger partial charge is 0.393 e. The summed E-state index contributed by atoms with van der Waals surface area (Å²) in [6.45, 7) is 1.75. The summed E-state index contributed by atoms with van der Waals surface area (Å²) in [4.78, 5) is 39.5. The topological polar surface area (TPSA) is 83.9 Å². The van der Waals surface area contributed by atoms with E-state index in [1.165, 1.54) is 0 Å². The summed E-state index contributed by atoms with van der Waals surface area (Å²) in [5.41, 5.74) is 0. The fourth-order valence-corrected chi connectivity index (χ4v) is 2.66. The Hall–Kier alpha value is -1.43. The van der Waals surface area contributed by atoms with E-state index < -0.39 is 17.8 Å². The van der Waals surface area contributed by atoms with Gasteiger partial charge in [-0.3, -0.25) is 9.59 Å². The number of hydroxylamine groups is 2. The number of imide groups is 1. The molecule has 1 aliphatic heterocycles. The molecule has 1 atom stereocenters. The molecule has 106 valence electrons. The molecule has 2 amide bonds. The maximum atomic E-state index is 11.9. The lowest BCUT2D eigenvalue weighted by Gasteiger charge is -2.29. The maximum Gasteiger partial charge on any atom is 0.336 e. The van der Waals surface area contributed by atoms with Crippen molar-refractivity contribution in [1.82, 2.24) is 5.06 Å². The van der Waals surface area contributed by atoms with Crippen LogP contribution in [0.3, 0.4) is 0 Å². The lowest BCUT2D eigenvalue weighted by molar-refractivity contribution is -0.201. The van der Waals surface area contributed by atoms with Crippen molar-refractivity contribution in [1.29, 1.82) is 0 Å². The molecule has 6 nitrogen and oxygen atoms in total. The van der Waals surface area contributed by atoms with Crippen molar-refractivity contribution in [2.24, 2.45) is 11.8 Å². The Morgan fingerprint density at radius 3 is 2.21 bits per heavy atom. The van der Waals surface area contributed by atoms with Gasteiger partial charge in [-0.1, -0.05) is 0 Å². The second-order valence-corrected chi connectivity index (χ2v) is 5.34. The quantitative estimate of drug-likeness (QED) is 0.765. The number of hydrogen-bond acceptors (Lipinski definition) is 5. The molecule has 1 N–H and O–H groups in total. The monoisotopic (exact) mass is 269 g/mol. The molecule has 1 unspecified atom stereocenters. The summed E-state index contributed by atoms with van der Waals surface area (Å²) in [5, 5.41) is 10.1. The Labute approximate surface area is 111 Å². The summed E-state index contributed by atoms with van der Waals surface area (Å²) >= 11 is 0. The van der Waals surface area contributed by atoms with Crippen LogP contribution in [0, 0.1) is 11.8 Å². The number of nitrogens with zero attached hydrogens (tertiary/aromatic N) is 1. The molecule has 0 aromatic rings. The smallest absolute Gasteiger partial charge is 0.336 e. The first-order chi connectivity index (χ1) is 8.99. The molecule has 0 bridgehead atoms. The van der Waals surface area contributed by atoms with Gasteiger partial charge in [-0.05, 0) is 38.5 Å². The summed E-state index contributed by atoms with van der Waals surface area (Å²) in [7, 11) is 0. The SMILES string of the molecule is CC(O)C1CCC(C(=O)ON2C(=O)CCC2=O)CC1. The first-order valence-electron chi connectivity index (χ1n) is 6.74. The van der Waals surface area contributed by atoms with E-state index in [2.05, 4.69) is 0 Å². The number of carbonyl (C=O) groups is 3. The summed E-state index contributed by atoms with van der Waals surface area (Å²) in [6.07, 6.45) is 2.65. The standard InChI is InChI=1S/C13H19NO5/c1-8(15)9-2-4-10(5-3-9)13(18)19-14-11(16)6-7-12(14)17/h8-10,15H,2-7H2,1H3. The zero-order valence-electron chi connectivity index (χ0n) is 11.0. The number of hydrogen-bond donors (Lipinski definition) is 1. The molecule has 0 aromatic carbocycles. The van der Waals surface area contributed by atoms with Crippen LogP contribution in [0.2, 0.25) is 0 Å². The van der Waals surface area contributed by atoms with E-state index in [9.17, 15) is 19.5 Å². The van der Waals surface area contributed by atoms with Gasteiger partial charge in [0.25, 0.3) is 11.8 Å². The molecular formula is C13H19NO5. The average molecular weight is 269 g/mol. The highest BCUT2D eigenvalue weighted by Crippen LogP contribution is 2.32. The molecule has 1 heterocycles. The van der Waals surface area contributed by atoms with E-state index in [4.69, 9.17) is 4.84 Å². The van der Waals surface area contributed by atoms with Crippen LogP contribution in [0.5, 0.6) is 0 Å². The highest BCUT2D eigenvalue weighted by atomic mass is 16.7. The van der Waals surface area contributed by atoms with Crippen LogP contribution in [0.1, 0.15) is 45.4 Å². The molecule has 0 aromatic heterocycles. The van der Waals surface area contributed by atoms with Gasteiger partial charge in [-0.2, -0.15) is 0 Å². The summed E-state index contributed by atoms with van der Waals surface area (Å²) < 4.78 is 0. The molecule has 2 aliphatic rings. The van der Waals surface area contributed by atoms with Crippen molar-refractivity contribution in [2.45, 2.75) is 51.6 Å². The molecular weight excluding hydrogens is 250 g/mol. The predicted octanol–water partition coefficient (Wildman–Crippen LogP) is 0.781. The number of aliphatic hydroxyl groups excluding tert-OH is 1. The van der Waals surface area contributed by atoms with Crippen molar-refractivity contribution in [3.8, 4) is 0 Å². The molecule has 1 saturated carbocycles. The minimum atomic E-state index is -0.507. The fourth-order valence-electron chi connectivity index (χ4n) is 2.66. The lowest BCUT2D eigenvalue weighted by Crippen LogP contribution is -2.36. The first-order valence-corrected chi connectivity index (χ1v) is 6.74. The summed E-state index contributed by atoms with van der Waals surface area (Å²) in [6, 6.07) is 0. The van der Waals surface area contributed by atoms with Gasteiger partial charge < -0.3 is 9.94 Å². The Morgan fingerprint density at radius 1 is 1.21 bits per heavy atom. The normalized spacial score (nSPS) is 29.5. The Balaban J connectivity index is 1.85. The van der Waals surface area contributed by atoms with Gasteiger partial charge in [-0.15, -0.1) is 5.06 Å². The van der Waals surface area contributed by atoms with E-state index in [0.717, 1.165) is 12.8 Å². The molecule has 0 spiro atoms. The zero-order valence-corrected chi connectivity index (χ0v) is 11.0. The van der Waals surface area contributed by atoms with Crippen LogP contribution in [0.4, 0.5) is 0 Å². The van der Waals surface area contributed by atoms with Gasteiger partial charge in [-0.25, -0.2) is 4.79 Å². The van der Waals surface area contributed by atoms with Crippen LogP contribution >= 0.6 is 0 Å². The minimum absolute atomic E-state index is 0.112. The predicted molar refractivity (Wildman–Crippen MR) is 64.3 cm³/mol. The van der Waals surface area contributed by atoms with Crippen molar-refractivity contribution in [3.63, 3.8) is 0 Å². The van der Waals surface area contributed by atoms with E-state index in [1.54, 1.807) is 6.92 Å². The van der Waals surface area contributed by atoms with E-state index in [-0.39, 0.29) is 30.8 Å². The van der Waals surface area contributed by atoms with Crippen molar-refractivity contribution in [2.75, 3.05) is 0 Å². The molecule has 1 aliphatic carbocycles. The van der Waals surface area contributed by atoms with Crippen molar-refractivity contribution >= 4 is 17.8 Å². The highest BCUT2D eigenvalue weighted by molar-refractivity contribution is 6.01. The fraction of sp³-hybridized carbons (Fsp3) is 0.769. The third kappa shape index (κ3) is 3.12. The maximum absolute atomic E-state index is 11.9. The number of rotatable bonds is 3. The van der Waals surface area contributed by atoms with Crippen molar-refractivity contribution in [3.05, 3.63) is 0 Å². The van der Waals surface area contributed by atoms with Gasteiger partial charge in [0.2, 0.25) is 0 Å². The molecule has 19 heavy (non-hydrogen) atoms. The molecule has 6 heteroatoms. The van der Waals surface area contributed by atoms with Gasteiger partial charge in [0.1, 0.15) is 0 Å². The van der Waals surface area contributed by atoms with E-state index in [0.29, 0.717) is 17.9 Å². The van der Waals surface area contributed by atoms with Crippen LogP contribution in [-0.2, 0) is 19.2 Å². The van der Waals surface area contributed by atoms with Gasteiger partial charge in [0.05, 0.1) is 12.0 Å². The second-order valence-electron chi connectivity index (χ2n) is 5.34. The zero-order chi connectivity index (χ0) is 14.0. The first kappa shape index (κ1) is 14.0. The summed E-state index contributed by atoms with van der Waals surface area (Å²) in [5.74, 6) is -1.46. The van der Waals surface area contributed by atoms with Crippen LogP contribution in [-0.4, -0.2) is 34.1 Å². The number of amides is 2. The van der Waals surface area contributed by atoms with Gasteiger partial charge >= 0.3 is 5.97 Å². The Kier molecular flexibility index (Phi) is 4.19. The third-order valence-corrected chi connectivity index (χ3v) is 3.97. The lowest BCUT2D eigenvalue weighted by atomic mass is 9.80. The second kappa shape index (κ2) is 5.69. The van der Waals surface area contributed by atoms with Crippen LogP contribution in [0.15, 0.2) is 0 Å². The van der Waals surface area contributed by atoms with Gasteiger partial charge in [0, 0.05) is 12.8 Å². The number of aliphatic hydroxyl groups is 1. The molecule has 2 rings (SSSR count). The highest BCUT2D eigenvalue weighted by Gasteiger charge is 2.36. The molecule has 1 saturated heterocycles. The minimum Gasteiger partial charge on any atom is -0.393 e. The molecule has 2 fully saturated rings.